The maximum absolute atomic E-state index is 14.8. The first-order valence-electron chi connectivity index (χ1n) is 14.5. The van der Waals surface area contributed by atoms with Crippen LogP contribution in [0.5, 0.6) is 0 Å². The van der Waals surface area contributed by atoms with Crippen LogP contribution in [-0.2, 0) is 7.05 Å². The molecule has 4 aromatic carbocycles. The van der Waals surface area contributed by atoms with Crippen LogP contribution in [0.25, 0.3) is 44.6 Å². The molecule has 6 rings (SSSR count). The van der Waals surface area contributed by atoms with Crippen LogP contribution in [0.15, 0.2) is 91.1 Å². The molecule has 0 fully saturated rings. The number of rotatable bonds is 3. The van der Waals surface area contributed by atoms with Gasteiger partial charge in [-0.05, 0) is 0 Å². The number of fused-ring (bicyclic) bond motifs is 3. The van der Waals surface area contributed by atoms with Crippen LogP contribution >= 0.6 is 0 Å². The Balaban J connectivity index is 1.59. The Morgan fingerprint density at radius 1 is 0.795 bits per heavy atom. The second kappa shape index (κ2) is 9.32. The van der Waals surface area contributed by atoms with Gasteiger partial charge in [0.1, 0.15) is 0 Å². The van der Waals surface area contributed by atoms with Crippen molar-refractivity contribution in [3.05, 3.63) is 114 Å². The number of benzene rings is 4. The number of pyridine rings is 1. The molecule has 0 N–H and O–H groups in total. The summed E-state index contributed by atoms with van der Waals surface area (Å²) in [5.74, 6) is 3.94. The van der Waals surface area contributed by atoms with Crippen LogP contribution in [-0.4, -0.2) is 13.3 Å². The van der Waals surface area contributed by atoms with Gasteiger partial charge in [0, 0.05) is 0 Å². The molecule has 1 aliphatic rings. The zero-order valence-corrected chi connectivity index (χ0v) is 24.5. The third kappa shape index (κ3) is 3.94. The van der Waals surface area contributed by atoms with E-state index in [-0.39, 0.29) is 5.56 Å². The van der Waals surface area contributed by atoms with Gasteiger partial charge in [0.05, 0.1) is 0 Å². The van der Waals surface area contributed by atoms with Crippen molar-refractivity contribution >= 4 is 22.1 Å². The summed E-state index contributed by atoms with van der Waals surface area (Å²) in [4.78, 5) is 0. The summed E-state index contributed by atoms with van der Waals surface area (Å²) in [6.07, 6.45) is 1.27. The van der Waals surface area contributed by atoms with E-state index in [4.69, 9.17) is 4.11 Å². The predicted octanol–water partition coefficient (Wildman–Crippen LogP) is 6.94. The van der Waals surface area contributed by atoms with Crippen molar-refractivity contribution in [2.45, 2.75) is 25.3 Å². The number of nitrogens with zero attached hydrogens (tertiary/aromatic N) is 2. The molecule has 2 nitrogen and oxygen atoms in total. The summed E-state index contributed by atoms with van der Waals surface area (Å²) in [6.45, 7) is -0.543. The molecule has 0 spiro atoms. The van der Waals surface area contributed by atoms with E-state index >= 15 is 0 Å². The first-order chi connectivity index (χ1) is 19.9. The molecule has 1 aliphatic heterocycles. The Hall–Kier alpha value is -4.01. The molecule has 0 saturated carbocycles. The minimum atomic E-state index is -3.17. The van der Waals surface area contributed by atoms with Crippen LogP contribution in [0.4, 0.5) is 4.39 Å². The van der Waals surface area contributed by atoms with E-state index in [9.17, 15) is 9.65 Å². The number of aryl methyl sites for hydroxylation is 3. The molecule has 0 saturated heterocycles. The number of nitriles is 1. The van der Waals surface area contributed by atoms with Crippen molar-refractivity contribution < 1.29 is 13.1 Å². The maximum atomic E-state index is 14.8. The Bertz CT molecular complexity index is 1920. The fraction of sp³-hybridized carbons (Fsp3) is 0.143. The second-order valence-corrected chi connectivity index (χ2v) is 19.7. The minimum absolute atomic E-state index is 0.278. The Labute approximate surface area is 236 Å². The van der Waals surface area contributed by atoms with Crippen LogP contribution in [0.1, 0.15) is 20.8 Å². The molecule has 4 heteroatoms. The van der Waals surface area contributed by atoms with E-state index < -0.39 is 25.9 Å². The van der Waals surface area contributed by atoms with E-state index in [1.165, 1.54) is 21.1 Å². The molecule has 1 aromatic heterocycles. The van der Waals surface area contributed by atoms with Gasteiger partial charge in [-0.25, -0.2) is 0 Å². The molecule has 0 atom stereocenters. The van der Waals surface area contributed by atoms with E-state index in [0.29, 0.717) is 11.3 Å². The van der Waals surface area contributed by atoms with Crippen molar-refractivity contribution in [1.29, 1.82) is 5.26 Å². The molecular weight excluding hydrogens is 540 g/mol. The molecule has 39 heavy (non-hydrogen) atoms. The molecule has 0 bridgehead atoms. The first kappa shape index (κ1) is 21.9. The third-order valence-corrected chi connectivity index (χ3v) is 15.5. The predicted molar refractivity (Wildman–Crippen MR) is 160 cm³/mol. The Morgan fingerprint density at radius 2 is 1.41 bits per heavy atom. The summed E-state index contributed by atoms with van der Waals surface area (Å²) >= 11 is -3.17. The van der Waals surface area contributed by atoms with Gasteiger partial charge >= 0.3 is 237 Å². The number of halogens is 1. The van der Waals surface area contributed by atoms with Gasteiger partial charge in [0.2, 0.25) is 0 Å². The third-order valence-electron chi connectivity index (χ3n) is 8.04. The average Bonchev–Trinajstić information content (AvgIpc) is 3.19. The van der Waals surface area contributed by atoms with Crippen LogP contribution in [0.2, 0.25) is 11.5 Å². The fourth-order valence-electron chi connectivity index (χ4n) is 6.23. The number of hydrogen-bond acceptors (Lipinski definition) is 1. The molecule has 2 heterocycles. The molecule has 0 radical (unpaired) electrons. The monoisotopic (exact) mass is 574 g/mol. The van der Waals surface area contributed by atoms with E-state index in [1.807, 2.05) is 31.2 Å². The van der Waals surface area contributed by atoms with E-state index in [1.54, 1.807) is 11.6 Å². The zero-order chi connectivity index (χ0) is 30.0. The topological polar surface area (TPSA) is 27.7 Å². The quantitative estimate of drug-likeness (QED) is 0.170. The van der Waals surface area contributed by atoms with Crippen molar-refractivity contribution in [2.24, 2.45) is 7.05 Å². The number of aromatic nitrogens is 1. The van der Waals surface area contributed by atoms with Gasteiger partial charge in [-0.3, -0.25) is 0 Å². The van der Waals surface area contributed by atoms with Crippen molar-refractivity contribution in [1.82, 2.24) is 0 Å². The first-order valence-corrected chi connectivity index (χ1v) is 19.3. The van der Waals surface area contributed by atoms with Gasteiger partial charge < -0.3 is 0 Å². The van der Waals surface area contributed by atoms with E-state index in [0.717, 1.165) is 44.5 Å². The summed E-state index contributed by atoms with van der Waals surface area (Å²) in [5, 5.41) is 10.3. The normalized spacial score (nSPS) is 14.5. The van der Waals surface area contributed by atoms with Crippen molar-refractivity contribution in [2.75, 3.05) is 0 Å². The summed E-state index contributed by atoms with van der Waals surface area (Å²) in [6, 6.07) is 30.8. The van der Waals surface area contributed by atoms with Gasteiger partial charge in [0.15, 0.2) is 0 Å². The average molecular weight is 573 g/mol. The molecule has 0 amide bonds. The molecule has 190 valence electrons. The fourth-order valence-corrected chi connectivity index (χ4v) is 14.4. The van der Waals surface area contributed by atoms with Gasteiger partial charge in [0.25, 0.3) is 0 Å². The van der Waals surface area contributed by atoms with Gasteiger partial charge in [-0.1, -0.05) is 0 Å². The van der Waals surface area contributed by atoms with Gasteiger partial charge in [-0.2, -0.15) is 0 Å². The summed E-state index contributed by atoms with van der Waals surface area (Å²) in [5.41, 5.74) is 9.48. The second-order valence-electron chi connectivity index (χ2n) is 10.8. The van der Waals surface area contributed by atoms with Crippen LogP contribution in [0, 0.1) is 30.9 Å². The van der Waals surface area contributed by atoms with Gasteiger partial charge in [-0.15, -0.1) is 0 Å². The Morgan fingerprint density at radius 3 is 2.08 bits per heavy atom. The standard InChI is InChI=1S/C35H30FGeN2/c1-22-11-17-28-29-18-16-27(20-38)33(26-14-12-25(13-15-26)24-9-7-6-8-10-24)35(29)37(3,4)34(28)32(22)31-19-23(2)30(36)21-39(31)5/h6-19,21H,1-5H3/q+1/i2D3. The molecular formula is C35H30FGeN2+. The van der Waals surface area contributed by atoms with Crippen molar-refractivity contribution in [3.8, 4) is 50.7 Å². The molecule has 0 unspecified atom stereocenters. The SMILES string of the molecule is [2H]C([2H])([2H])c1cc(-c2c(C)ccc3[c]2[Ge]([CH3])([CH3])[c]2c-3ccc(C#N)c2-c2ccc(-c3ccccc3)cc2)[n+](C)cc1F. The molecule has 0 aliphatic carbocycles. The zero-order valence-electron chi connectivity index (χ0n) is 25.4. The van der Waals surface area contributed by atoms with Crippen LogP contribution < -0.4 is 13.4 Å². The van der Waals surface area contributed by atoms with Crippen LogP contribution in [0.3, 0.4) is 0 Å². The molecule has 5 aromatic rings. The Kier molecular flexibility index (Phi) is 5.23. The summed E-state index contributed by atoms with van der Waals surface area (Å²) < 4.78 is 42.8. The van der Waals surface area contributed by atoms with Crippen molar-refractivity contribution in [3.63, 3.8) is 0 Å². The summed E-state index contributed by atoms with van der Waals surface area (Å²) in [7, 11) is 1.76. The number of hydrogen-bond donors (Lipinski definition) is 0. The van der Waals surface area contributed by atoms with E-state index in [2.05, 4.69) is 72.2 Å².